The van der Waals surface area contributed by atoms with Gasteiger partial charge < -0.3 is 15.5 Å². The molecule has 1 saturated heterocycles. The van der Waals surface area contributed by atoms with Gasteiger partial charge in [-0.3, -0.25) is 9.89 Å². The molecular formula is C21H38IN5S. The first kappa shape index (κ1) is 25.5. The Morgan fingerprint density at radius 2 is 1.64 bits per heavy atom. The van der Waals surface area contributed by atoms with Crippen molar-refractivity contribution < 1.29 is 0 Å². The molecule has 1 aliphatic heterocycles. The van der Waals surface area contributed by atoms with E-state index in [1.54, 1.807) is 0 Å². The van der Waals surface area contributed by atoms with Crippen molar-refractivity contribution >= 4 is 41.7 Å². The number of aliphatic imine (C=N–C) groups is 1. The molecule has 28 heavy (non-hydrogen) atoms. The Kier molecular flexibility index (Phi) is 12.5. The van der Waals surface area contributed by atoms with Gasteiger partial charge in [-0.15, -0.1) is 35.7 Å². The Balaban J connectivity index is 0.00000392. The first-order chi connectivity index (χ1) is 13.0. The fourth-order valence-corrected chi connectivity index (χ4v) is 4.32. The summed E-state index contributed by atoms with van der Waals surface area (Å²) in [5, 5.41) is 7.51. The number of thioether (sulfide) groups is 1. The quantitative estimate of drug-likeness (QED) is 0.239. The van der Waals surface area contributed by atoms with Crippen LogP contribution in [0.15, 0.2) is 40.2 Å². The highest BCUT2D eigenvalue weighted by Gasteiger charge is 2.25. The van der Waals surface area contributed by atoms with Gasteiger partial charge in [0.1, 0.15) is 0 Å². The molecule has 2 unspecified atom stereocenters. The van der Waals surface area contributed by atoms with E-state index in [1.807, 2.05) is 18.8 Å². The summed E-state index contributed by atoms with van der Waals surface area (Å²) in [5.41, 5.74) is 0. The average molecular weight is 520 g/mol. The molecule has 1 aromatic rings. The van der Waals surface area contributed by atoms with Crippen molar-refractivity contribution in [2.75, 3.05) is 53.4 Å². The van der Waals surface area contributed by atoms with Crippen LogP contribution < -0.4 is 10.6 Å². The maximum absolute atomic E-state index is 4.41. The lowest BCUT2D eigenvalue weighted by Gasteiger charge is -2.40. The summed E-state index contributed by atoms with van der Waals surface area (Å²) >= 11 is 1.89. The lowest BCUT2D eigenvalue weighted by atomic mass is 10.0. The minimum atomic E-state index is 0. The van der Waals surface area contributed by atoms with Gasteiger partial charge in [-0.1, -0.05) is 39.0 Å². The third-order valence-electron chi connectivity index (χ3n) is 5.12. The Morgan fingerprint density at radius 1 is 1.04 bits per heavy atom. The van der Waals surface area contributed by atoms with E-state index in [9.17, 15) is 0 Å². The van der Waals surface area contributed by atoms with Gasteiger partial charge in [-0.25, -0.2) is 0 Å². The van der Waals surface area contributed by atoms with E-state index >= 15 is 0 Å². The summed E-state index contributed by atoms with van der Waals surface area (Å²) in [6.07, 6.45) is 0. The minimum absolute atomic E-state index is 0. The number of piperazine rings is 1. The molecule has 5 nitrogen and oxygen atoms in total. The lowest BCUT2D eigenvalue weighted by Crippen LogP contribution is -2.55. The number of halogens is 1. The Morgan fingerprint density at radius 3 is 2.21 bits per heavy atom. The molecular weight excluding hydrogens is 481 g/mol. The zero-order chi connectivity index (χ0) is 19.6. The molecule has 2 atom stereocenters. The molecule has 0 aromatic heterocycles. The maximum Gasteiger partial charge on any atom is 0.191 e. The van der Waals surface area contributed by atoms with Crippen LogP contribution in [0.3, 0.4) is 0 Å². The van der Waals surface area contributed by atoms with Gasteiger partial charge in [0.05, 0.1) is 0 Å². The molecule has 1 heterocycles. The Labute approximate surface area is 193 Å². The zero-order valence-corrected chi connectivity index (χ0v) is 21.2. The summed E-state index contributed by atoms with van der Waals surface area (Å²) in [4.78, 5) is 10.8. The molecule has 0 amide bonds. The van der Waals surface area contributed by atoms with Crippen LogP contribution in [0.4, 0.5) is 0 Å². The van der Waals surface area contributed by atoms with Gasteiger partial charge >= 0.3 is 0 Å². The van der Waals surface area contributed by atoms with Crippen molar-refractivity contribution in [3.63, 3.8) is 0 Å². The van der Waals surface area contributed by atoms with E-state index in [-0.39, 0.29) is 24.0 Å². The summed E-state index contributed by atoms with van der Waals surface area (Å²) in [6.45, 7) is 13.3. The fraction of sp³-hybridized carbons (Fsp3) is 0.667. The van der Waals surface area contributed by atoms with Crippen molar-refractivity contribution in [1.29, 1.82) is 0 Å². The second kappa shape index (κ2) is 13.7. The molecule has 160 valence electrons. The van der Waals surface area contributed by atoms with Crippen molar-refractivity contribution in [1.82, 2.24) is 20.4 Å². The first-order valence-corrected chi connectivity index (χ1v) is 11.0. The number of nitrogens with one attached hydrogen (secondary N) is 2. The van der Waals surface area contributed by atoms with Gasteiger partial charge in [0.2, 0.25) is 0 Å². The standard InChI is InChI=1S/C21H37N5S.HI/c1-17(2)20(26-13-11-25(5)12-14-26)16-24-21(22-4)23-15-18(3)27-19-9-7-6-8-10-19;/h6-10,17-18,20H,11-16H2,1-5H3,(H2,22,23,24);1H. The number of rotatable bonds is 8. The van der Waals surface area contributed by atoms with E-state index in [4.69, 9.17) is 0 Å². The third kappa shape index (κ3) is 8.88. The summed E-state index contributed by atoms with van der Waals surface area (Å²) in [7, 11) is 4.06. The SMILES string of the molecule is CN=C(NCC(C)Sc1ccccc1)NCC(C(C)C)N1CCN(C)CC1.I. The molecule has 1 aromatic carbocycles. The first-order valence-electron chi connectivity index (χ1n) is 10.1. The fourth-order valence-electron chi connectivity index (χ4n) is 3.38. The predicted molar refractivity (Wildman–Crippen MR) is 134 cm³/mol. The molecule has 0 saturated carbocycles. The normalized spacial score (nSPS) is 18.4. The van der Waals surface area contributed by atoms with Crippen molar-refractivity contribution in [2.24, 2.45) is 10.9 Å². The number of guanidine groups is 1. The third-order valence-corrected chi connectivity index (χ3v) is 6.23. The molecule has 0 bridgehead atoms. The summed E-state index contributed by atoms with van der Waals surface area (Å²) in [5.74, 6) is 1.52. The summed E-state index contributed by atoms with van der Waals surface area (Å²) < 4.78 is 0. The maximum atomic E-state index is 4.41. The van der Waals surface area contributed by atoms with Gasteiger partial charge in [-0.05, 0) is 25.1 Å². The second-order valence-electron chi connectivity index (χ2n) is 7.73. The second-order valence-corrected chi connectivity index (χ2v) is 9.24. The lowest BCUT2D eigenvalue weighted by molar-refractivity contribution is 0.0900. The average Bonchev–Trinajstić information content (AvgIpc) is 2.66. The highest BCUT2D eigenvalue weighted by Crippen LogP contribution is 2.21. The van der Waals surface area contributed by atoms with E-state index < -0.39 is 0 Å². The highest BCUT2D eigenvalue weighted by atomic mass is 127. The number of benzene rings is 1. The zero-order valence-electron chi connectivity index (χ0n) is 18.0. The van der Waals surface area contributed by atoms with E-state index in [2.05, 4.69) is 83.6 Å². The molecule has 1 fully saturated rings. The number of likely N-dealkylation sites (N-methyl/N-ethyl adjacent to an activating group) is 1. The van der Waals surface area contributed by atoms with Crippen molar-refractivity contribution in [3.05, 3.63) is 30.3 Å². The Bertz CT molecular complexity index is 561. The van der Waals surface area contributed by atoms with Gasteiger partial charge in [0, 0.05) is 62.5 Å². The molecule has 1 aliphatic rings. The minimum Gasteiger partial charge on any atom is -0.355 e. The molecule has 7 heteroatoms. The van der Waals surface area contributed by atoms with Gasteiger partial charge in [0.25, 0.3) is 0 Å². The van der Waals surface area contributed by atoms with Crippen LogP contribution >= 0.6 is 35.7 Å². The smallest absolute Gasteiger partial charge is 0.191 e. The van der Waals surface area contributed by atoms with E-state index in [0.717, 1.165) is 45.2 Å². The van der Waals surface area contributed by atoms with Crippen molar-refractivity contribution in [2.45, 2.75) is 37.0 Å². The van der Waals surface area contributed by atoms with Crippen LogP contribution in [0.5, 0.6) is 0 Å². The predicted octanol–water partition coefficient (Wildman–Crippen LogP) is 3.22. The number of hydrogen-bond acceptors (Lipinski definition) is 4. The van der Waals surface area contributed by atoms with Crippen LogP contribution in [0.1, 0.15) is 20.8 Å². The van der Waals surface area contributed by atoms with Crippen LogP contribution in [-0.4, -0.2) is 80.4 Å². The molecule has 0 spiro atoms. The molecule has 2 rings (SSSR count). The Hall–Kier alpha value is -0.510. The van der Waals surface area contributed by atoms with Crippen LogP contribution in [-0.2, 0) is 0 Å². The topological polar surface area (TPSA) is 42.9 Å². The molecule has 0 radical (unpaired) electrons. The van der Waals surface area contributed by atoms with Crippen LogP contribution in [0, 0.1) is 5.92 Å². The molecule has 0 aliphatic carbocycles. The molecule has 2 N–H and O–H groups in total. The van der Waals surface area contributed by atoms with Crippen LogP contribution in [0.2, 0.25) is 0 Å². The number of nitrogens with zero attached hydrogens (tertiary/aromatic N) is 3. The van der Waals surface area contributed by atoms with Crippen LogP contribution in [0.25, 0.3) is 0 Å². The summed E-state index contributed by atoms with van der Waals surface area (Å²) in [6, 6.07) is 11.1. The number of hydrogen-bond donors (Lipinski definition) is 2. The van der Waals surface area contributed by atoms with E-state index in [0.29, 0.717) is 17.2 Å². The van der Waals surface area contributed by atoms with E-state index in [1.165, 1.54) is 4.90 Å². The monoisotopic (exact) mass is 519 g/mol. The van der Waals surface area contributed by atoms with Gasteiger partial charge in [0.15, 0.2) is 5.96 Å². The van der Waals surface area contributed by atoms with Crippen molar-refractivity contribution in [3.8, 4) is 0 Å². The largest absolute Gasteiger partial charge is 0.355 e. The van der Waals surface area contributed by atoms with Gasteiger partial charge in [-0.2, -0.15) is 0 Å². The highest BCUT2D eigenvalue weighted by molar-refractivity contribution is 14.0.